The molecule has 0 amide bonds. The molecule has 1 N–H and O–H groups in total. The lowest BCUT2D eigenvalue weighted by Crippen LogP contribution is -2.08. The largest absolute Gasteiger partial charge is 0.481 e. The molecule has 0 aliphatic heterocycles. The minimum absolute atomic E-state index is 0.170. The molecule has 0 saturated carbocycles. The molecule has 11 heavy (non-hydrogen) atoms. The van der Waals surface area contributed by atoms with Crippen molar-refractivity contribution in [3.8, 4) is 0 Å². The van der Waals surface area contributed by atoms with Gasteiger partial charge in [0.2, 0.25) is 0 Å². The van der Waals surface area contributed by atoms with Crippen LogP contribution >= 0.6 is 11.8 Å². The van der Waals surface area contributed by atoms with Crippen LogP contribution in [0.4, 0.5) is 0 Å². The molecule has 0 spiro atoms. The standard InChI is InChI=1S/C8H16O2S/c1-7(8(9)10)5-3-4-6-11-2/h7H,3-6H2,1-2H3,(H,9,10). The highest BCUT2D eigenvalue weighted by molar-refractivity contribution is 7.98. The van der Waals surface area contributed by atoms with Crippen LogP contribution in [0.5, 0.6) is 0 Å². The second-order valence-electron chi connectivity index (χ2n) is 2.73. The van der Waals surface area contributed by atoms with E-state index < -0.39 is 5.97 Å². The predicted octanol–water partition coefficient (Wildman–Crippen LogP) is 2.24. The van der Waals surface area contributed by atoms with Gasteiger partial charge in [-0.05, 0) is 24.9 Å². The van der Waals surface area contributed by atoms with E-state index in [1.54, 1.807) is 6.92 Å². The predicted molar refractivity (Wildman–Crippen MR) is 49.0 cm³/mol. The molecule has 66 valence electrons. The number of carbonyl (C=O) groups is 1. The fraction of sp³-hybridized carbons (Fsp3) is 0.875. The molecular weight excluding hydrogens is 160 g/mol. The van der Waals surface area contributed by atoms with Gasteiger partial charge in [-0.25, -0.2) is 0 Å². The third-order valence-corrected chi connectivity index (χ3v) is 2.35. The third-order valence-electron chi connectivity index (χ3n) is 1.66. The summed E-state index contributed by atoms with van der Waals surface area (Å²) < 4.78 is 0. The summed E-state index contributed by atoms with van der Waals surface area (Å²) in [7, 11) is 0. The Bertz CT molecular complexity index is 115. The highest BCUT2D eigenvalue weighted by Gasteiger charge is 2.08. The molecule has 0 aromatic rings. The molecule has 1 atom stereocenters. The average Bonchev–Trinajstić information content (AvgIpc) is 1.97. The van der Waals surface area contributed by atoms with E-state index >= 15 is 0 Å². The van der Waals surface area contributed by atoms with Crippen molar-refractivity contribution >= 4 is 17.7 Å². The molecule has 0 rings (SSSR count). The van der Waals surface area contributed by atoms with Gasteiger partial charge in [0.1, 0.15) is 0 Å². The maximum Gasteiger partial charge on any atom is 0.306 e. The van der Waals surface area contributed by atoms with Crippen LogP contribution in [0.25, 0.3) is 0 Å². The lowest BCUT2D eigenvalue weighted by Gasteiger charge is -2.03. The van der Waals surface area contributed by atoms with Crippen LogP contribution in [-0.4, -0.2) is 23.1 Å². The van der Waals surface area contributed by atoms with E-state index in [0.29, 0.717) is 0 Å². The monoisotopic (exact) mass is 176 g/mol. The Morgan fingerprint density at radius 1 is 1.55 bits per heavy atom. The molecule has 0 fully saturated rings. The fourth-order valence-electron chi connectivity index (χ4n) is 0.820. The summed E-state index contributed by atoms with van der Waals surface area (Å²) in [5.74, 6) is 0.304. The zero-order chi connectivity index (χ0) is 8.69. The SMILES string of the molecule is CSCCCCC(C)C(=O)O. The second kappa shape index (κ2) is 6.53. The molecule has 0 aromatic heterocycles. The van der Waals surface area contributed by atoms with Gasteiger partial charge in [-0.1, -0.05) is 13.3 Å². The van der Waals surface area contributed by atoms with Gasteiger partial charge >= 0.3 is 5.97 Å². The fourth-order valence-corrected chi connectivity index (χ4v) is 1.31. The highest BCUT2D eigenvalue weighted by Crippen LogP contribution is 2.09. The first kappa shape index (κ1) is 10.8. The van der Waals surface area contributed by atoms with Crippen LogP contribution in [0.2, 0.25) is 0 Å². The molecule has 0 aliphatic rings. The molecule has 2 nitrogen and oxygen atoms in total. The first-order chi connectivity index (χ1) is 5.18. The van der Waals surface area contributed by atoms with Gasteiger partial charge in [-0.3, -0.25) is 4.79 Å². The zero-order valence-corrected chi connectivity index (χ0v) is 7.99. The molecule has 3 heteroatoms. The Kier molecular flexibility index (Phi) is 6.42. The number of carboxylic acid groups (broad SMARTS) is 1. The van der Waals surface area contributed by atoms with Crippen molar-refractivity contribution in [1.82, 2.24) is 0 Å². The molecule has 0 aromatic carbocycles. The summed E-state index contributed by atoms with van der Waals surface area (Å²) in [4.78, 5) is 10.4. The first-order valence-corrected chi connectivity index (χ1v) is 5.29. The maximum atomic E-state index is 10.4. The second-order valence-corrected chi connectivity index (χ2v) is 3.71. The molecule has 0 bridgehead atoms. The van der Waals surface area contributed by atoms with Crippen LogP contribution in [-0.2, 0) is 4.79 Å². The molecular formula is C8H16O2S. The van der Waals surface area contributed by atoms with Crippen LogP contribution in [0.3, 0.4) is 0 Å². The average molecular weight is 176 g/mol. The normalized spacial score (nSPS) is 12.9. The van der Waals surface area contributed by atoms with Gasteiger partial charge < -0.3 is 5.11 Å². The first-order valence-electron chi connectivity index (χ1n) is 3.90. The summed E-state index contributed by atoms with van der Waals surface area (Å²) >= 11 is 1.81. The Labute approximate surface area is 72.4 Å². The summed E-state index contributed by atoms with van der Waals surface area (Å²) in [5.41, 5.74) is 0. The van der Waals surface area contributed by atoms with E-state index in [9.17, 15) is 4.79 Å². The Morgan fingerprint density at radius 3 is 2.64 bits per heavy atom. The van der Waals surface area contributed by atoms with Crippen molar-refractivity contribution in [2.24, 2.45) is 5.92 Å². The molecule has 1 unspecified atom stereocenters. The third kappa shape index (κ3) is 6.23. The Morgan fingerprint density at radius 2 is 2.18 bits per heavy atom. The van der Waals surface area contributed by atoms with Crippen molar-refractivity contribution in [2.45, 2.75) is 26.2 Å². The van der Waals surface area contributed by atoms with Crippen LogP contribution in [0, 0.1) is 5.92 Å². The van der Waals surface area contributed by atoms with E-state index in [1.807, 2.05) is 11.8 Å². The van der Waals surface area contributed by atoms with E-state index in [-0.39, 0.29) is 5.92 Å². The van der Waals surface area contributed by atoms with Gasteiger partial charge in [-0.2, -0.15) is 11.8 Å². The number of aliphatic carboxylic acids is 1. The van der Waals surface area contributed by atoms with Gasteiger partial charge in [0.05, 0.1) is 5.92 Å². The molecule has 0 heterocycles. The zero-order valence-electron chi connectivity index (χ0n) is 7.17. The quantitative estimate of drug-likeness (QED) is 0.631. The topological polar surface area (TPSA) is 37.3 Å². The van der Waals surface area contributed by atoms with Crippen molar-refractivity contribution in [3.63, 3.8) is 0 Å². The Balaban J connectivity index is 3.17. The number of hydrogen-bond donors (Lipinski definition) is 1. The van der Waals surface area contributed by atoms with Gasteiger partial charge in [0.25, 0.3) is 0 Å². The van der Waals surface area contributed by atoms with Gasteiger partial charge in [0.15, 0.2) is 0 Å². The highest BCUT2D eigenvalue weighted by atomic mass is 32.2. The summed E-state index contributed by atoms with van der Waals surface area (Å²) in [6.45, 7) is 1.77. The minimum Gasteiger partial charge on any atom is -0.481 e. The minimum atomic E-state index is -0.672. The van der Waals surface area contributed by atoms with E-state index in [0.717, 1.165) is 25.0 Å². The van der Waals surface area contributed by atoms with Crippen LogP contribution in [0.1, 0.15) is 26.2 Å². The number of thioether (sulfide) groups is 1. The number of carboxylic acids is 1. The summed E-state index contributed by atoms with van der Waals surface area (Å²) in [6.07, 6.45) is 5.06. The van der Waals surface area contributed by atoms with E-state index in [1.165, 1.54) is 0 Å². The lowest BCUT2D eigenvalue weighted by atomic mass is 10.1. The van der Waals surface area contributed by atoms with Crippen molar-refractivity contribution in [2.75, 3.05) is 12.0 Å². The van der Waals surface area contributed by atoms with E-state index in [2.05, 4.69) is 6.26 Å². The molecule has 0 aliphatic carbocycles. The van der Waals surface area contributed by atoms with Crippen molar-refractivity contribution in [1.29, 1.82) is 0 Å². The van der Waals surface area contributed by atoms with Gasteiger partial charge in [0, 0.05) is 0 Å². The number of rotatable bonds is 6. The Hall–Kier alpha value is -0.180. The summed E-state index contributed by atoms with van der Waals surface area (Å²) in [6, 6.07) is 0. The van der Waals surface area contributed by atoms with E-state index in [4.69, 9.17) is 5.11 Å². The van der Waals surface area contributed by atoms with Gasteiger partial charge in [-0.15, -0.1) is 0 Å². The summed E-state index contributed by atoms with van der Waals surface area (Å²) in [5, 5.41) is 8.53. The van der Waals surface area contributed by atoms with Crippen LogP contribution < -0.4 is 0 Å². The smallest absolute Gasteiger partial charge is 0.306 e. The number of hydrogen-bond acceptors (Lipinski definition) is 2. The molecule has 0 radical (unpaired) electrons. The van der Waals surface area contributed by atoms with Crippen LogP contribution in [0.15, 0.2) is 0 Å². The van der Waals surface area contributed by atoms with Crippen molar-refractivity contribution in [3.05, 3.63) is 0 Å². The molecule has 0 saturated heterocycles. The number of unbranched alkanes of at least 4 members (excludes halogenated alkanes) is 1. The lowest BCUT2D eigenvalue weighted by molar-refractivity contribution is -0.141. The maximum absolute atomic E-state index is 10.4. The van der Waals surface area contributed by atoms with Crippen molar-refractivity contribution < 1.29 is 9.90 Å².